The second-order valence-electron chi connectivity index (χ2n) is 5.97. The van der Waals surface area contributed by atoms with Gasteiger partial charge in [-0.05, 0) is 45.3 Å². The van der Waals surface area contributed by atoms with Crippen LogP contribution in [0, 0.1) is 0 Å². The van der Waals surface area contributed by atoms with E-state index in [0.29, 0.717) is 5.69 Å². The number of fused-ring (bicyclic) bond motifs is 2. The molecule has 0 aliphatic carbocycles. The van der Waals surface area contributed by atoms with Crippen molar-refractivity contribution < 1.29 is 9.90 Å². The van der Waals surface area contributed by atoms with Crippen LogP contribution in [0.1, 0.15) is 15.9 Å². The largest absolute Gasteiger partial charge is 0.545 e. The number of nitrogens with one attached hydrogen (secondary N) is 1. The summed E-state index contributed by atoms with van der Waals surface area (Å²) in [6.45, 7) is 0. The molecule has 0 unspecified atom stereocenters. The molecule has 0 aliphatic heterocycles. The van der Waals surface area contributed by atoms with Gasteiger partial charge >= 0.3 is 0 Å². The Bertz CT molecular complexity index is 1100. The lowest BCUT2D eigenvalue weighted by atomic mass is 9.97. The Morgan fingerprint density at radius 3 is 2.15 bits per heavy atom. The van der Waals surface area contributed by atoms with Gasteiger partial charge in [-0.2, -0.15) is 5.10 Å². The molecule has 0 amide bonds. The summed E-state index contributed by atoms with van der Waals surface area (Å²) in [4.78, 5) is 11.0. The zero-order chi connectivity index (χ0) is 17.9. The van der Waals surface area contributed by atoms with Crippen molar-refractivity contribution in [1.82, 2.24) is 0 Å². The predicted octanol–water partition coefficient (Wildman–Crippen LogP) is 3.80. The van der Waals surface area contributed by atoms with Crippen molar-refractivity contribution in [2.75, 3.05) is 5.43 Å². The molecule has 0 heterocycles. The van der Waals surface area contributed by atoms with Gasteiger partial charge in [0.05, 0.1) is 17.9 Å². The van der Waals surface area contributed by atoms with Crippen LogP contribution in [0.15, 0.2) is 84.0 Å². The fourth-order valence-electron chi connectivity index (χ4n) is 3.08. The van der Waals surface area contributed by atoms with Crippen molar-refractivity contribution in [3.8, 4) is 0 Å². The Morgan fingerprint density at radius 1 is 0.846 bits per heavy atom. The highest BCUT2D eigenvalue weighted by Crippen LogP contribution is 2.27. The molecule has 4 nitrogen and oxygen atoms in total. The Kier molecular flexibility index (Phi) is 4.07. The summed E-state index contributed by atoms with van der Waals surface area (Å²) >= 11 is 0. The molecule has 0 saturated heterocycles. The average Bonchev–Trinajstić information content (AvgIpc) is 2.67. The van der Waals surface area contributed by atoms with Crippen molar-refractivity contribution in [1.29, 1.82) is 0 Å². The number of hydrogen-bond acceptors (Lipinski definition) is 4. The fourth-order valence-corrected chi connectivity index (χ4v) is 3.08. The molecular formula is C22H15N2O2-. The Labute approximate surface area is 150 Å². The van der Waals surface area contributed by atoms with Crippen LogP contribution >= 0.6 is 0 Å². The SMILES string of the molecule is O=C([O-])c1cccc(N/N=C\c2c3ccccc3cc3ccccc23)c1. The van der Waals surface area contributed by atoms with E-state index in [-0.39, 0.29) is 5.56 Å². The summed E-state index contributed by atoms with van der Waals surface area (Å²) in [6.07, 6.45) is 1.77. The molecule has 4 heteroatoms. The van der Waals surface area contributed by atoms with E-state index < -0.39 is 5.97 Å². The summed E-state index contributed by atoms with van der Waals surface area (Å²) < 4.78 is 0. The van der Waals surface area contributed by atoms with Gasteiger partial charge in [-0.1, -0.05) is 60.7 Å². The monoisotopic (exact) mass is 339 g/mol. The van der Waals surface area contributed by atoms with Crippen LogP contribution in [0.4, 0.5) is 5.69 Å². The van der Waals surface area contributed by atoms with Crippen molar-refractivity contribution in [3.63, 3.8) is 0 Å². The molecule has 1 N–H and O–H groups in total. The van der Waals surface area contributed by atoms with Crippen LogP contribution in [0.5, 0.6) is 0 Å². The lowest BCUT2D eigenvalue weighted by molar-refractivity contribution is -0.255. The number of nitrogens with zero attached hydrogens (tertiary/aromatic N) is 1. The van der Waals surface area contributed by atoms with E-state index >= 15 is 0 Å². The first kappa shape index (κ1) is 15.8. The van der Waals surface area contributed by atoms with Gasteiger partial charge in [-0.3, -0.25) is 5.43 Å². The summed E-state index contributed by atoms with van der Waals surface area (Å²) in [7, 11) is 0. The maximum absolute atomic E-state index is 11.0. The maximum atomic E-state index is 11.0. The van der Waals surface area contributed by atoms with Crippen LogP contribution in [0.25, 0.3) is 21.5 Å². The highest BCUT2D eigenvalue weighted by atomic mass is 16.4. The van der Waals surface area contributed by atoms with Gasteiger partial charge in [0.25, 0.3) is 0 Å². The number of anilines is 1. The number of carbonyl (C=O) groups excluding carboxylic acids is 1. The van der Waals surface area contributed by atoms with Crippen molar-refractivity contribution in [2.24, 2.45) is 5.10 Å². The molecule has 126 valence electrons. The molecule has 0 fully saturated rings. The molecule has 4 aromatic carbocycles. The van der Waals surface area contributed by atoms with Crippen LogP contribution in [-0.2, 0) is 0 Å². The Morgan fingerprint density at radius 2 is 1.50 bits per heavy atom. The minimum atomic E-state index is -1.21. The lowest BCUT2D eigenvalue weighted by Gasteiger charge is -2.08. The van der Waals surface area contributed by atoms with E-state index in [1.165, 1.54) is 12.1 Å². The molecule has 0 atom stereocenters. The number of rotatable bonds is 4. The molecule has 0 aliphatic rings. The summed E-state index contributed by atoms with van der Waals surface area (Å²) in [5.41, 5.74) is 4.61. The molecule has 26 heavy (non-hydrogen) atoms. The zero-order valence-corrected chi connectivity index (χ0v) is 13.8. The summed E-state index contributed by atoms with van der Waals surface area (Å²) in [5, 5.41) is 19.8. The Hall–Kier alpha value is -3.66. The second-order valence-corrected chi connectivity index (χ2v) is 5.97. The molecule has 0 bridgehead atoms. The molecule has 0 saturated carbocycles. The normalized spacial score (nSPS) is 11.2. The van der Waals surface area contributed by atoms with Crippen LogP contribution in [-0.4, -0.2) is 12.2 Å². The first-order valence-electron chi connectivity index (χ1n) is 8.23. The summed E-state index contributed by atoms with van der Waals surface area (Å²) in [5.74, 6) is -1.21. The number of carboxylic acids is 1. The van der Waals surface area contributed by atoms with Crippen LogP contribution in [0.2, 0.25) is 0 Å². The second kappa shape index (κ2) is 6.69. The van der Waals surface area contributed by atoms with E-state index in [1.54, 1.807) is 18.3 Å². The van der Waals surface area contributed by atoms with E-state index in [2.05, 4.69) is 40.9 Å². The van der Waals surface area contributed by atoms with Gasteiger partial charge in [0.1, 0.15) is 0 Å². The highest BCUT2D eigenvalue weighted by molar-refractivity contribution is 6.13. The minimum Gasteiger partial charge on any atom is -0.545 e. The lowest BCUT2D eigenvalue weighted by Crippen LogP contribution is -2.22. The number of carbonyl (C=O) groups is 1. The predicted molar refractivity (Wildman–Crippen MR) is 103 cm³/mol. The third-order valence-electron chi connectivity index (χ3n) is 4.30. The fraction of sp³-hybridized carbons (Fsp3) is 0. The van der Waals surface area contributed by atoms with E-state index in [4.69, 9.17) is 0 Å². The first-order valence-corrected chi connectivity index (χ1v) is 8.23. The molecule has 0 aromatic heterocycles. The van der Waals surface area contributed by atoms with Gasteiger partial charge in [0.15, 0.2) is 0 Å². The van der Waals surface area contributed by atoms with Crippen molar-refractivity contribution in [3.05, 3.63) is 90.0 Å². The highest BCUT2D eigenvalue weighted by Gasteiger charge is 2.05. The third-order valence-corrected chi connectivity index (χ3v) is 4.30. The zero-order valence-electron chi connectivity index (χ0n) is 13.8. The number of hydrogen-bond donors (Lipinski definition) is 1. The number of carboxylic acid groups (broad SMARTS) is 1. The summed E-state index contributed by atoms with van der Waals surface area (Å²) in [6, 6.07) is 24.9. The van der Waals surface area contributed by atoms with E-state index in [9.17, 15) is 9.90 Å². The third kappa shape index (κ3) is 3.00. The quantitative estimate of drug-likeness (QED) is 0.349. The van der Waals surface area contributed by atoms with Gasteiger partial charge < -0.3 is 9.90 Å². The van der Waals surface area contributed by atoms with Gasteiger partial charge in [0, 0.05) is 5.56 Å². The number of benzene rings is 4. The molecule has 0 radical (unpaired) electrons. The van der Waals surface area contributed by atoms with E-state index in [0.717, 1.165) is 27.1 Å². The van der Waals surface area contributed by atoms with Crippen LogP contribution < -0.4 is 10.5 Å². The molecular weight excluding hydrogens is 324 g/mol. The number of hydrazone groups is 1. The van der Waals surface area contributed by atoms with Crippen LogP contribution in [0.3, 0.4) is 0 Å². The number of aromatic carboxylic acids is 1. The molecule has 4 rings (SSSR count). The van der Waals surface area contributed by atoms with Gasteiger partial charge in [-0.15, -0.1) is 0 Å². The maximum Gasteiger partial charge on any atom is 0.0716 e. The topological polar surface area (TPSA) is 64.5 Å². The molecule has 0 spiro atoms. The van der Waals surface area contributed by atoms with Crippen molar-refractivity contribution >= 4 is 39.4 Å². The molecule has 4 aromatic rings. The Balaban J connectivity index is 1.75. The first-order chi connectivity index (χ1) is 12.7. The van der Waals surface area contributed by atoms with Gasteiger partial charge in [0.2, 0.25) is 0 Å². The van der Waals surface area contributed by atoms with E-state index in [1.807, 2.05) is 24.3 Å². The average molecular weight is 339 g/mol. The standard InChI is InChI=1S/C22H16N2O2/c25-22(26)17-8-5-9-18(13-17)24-23-14-21-19-10-3-1-6-15(19)12-16-7-2-4-11-20(16)21/h1-14,24H,(H,25,26)/p-1/b23-14-. The van der Waals surface area contributed by atoms with Crippen molar-refractivity contribution in [2.45, 2.75) is 0 Å². The van der Waals surface area contributed by atoms with Gasteiger partial charge in [-0.25, -0.2) is 0 Å². The smallest absolute Gasteiger partial charge is 0.0716 e. The minimum absolute atomic E-state index is 0.112.